The summed E-state index contributed by atoms with van der Waals surface area (Å²) >= 11 is 0. The molecule has 1 fully saturated rings. The van der Waals surface area contributed by atoms with Crippen molar-refractivity contribution < 1.29 is 0 Å². The van der Waals surface area contributed by atoms with Gasteiger partial charge in [-0.05, 0) is 19.3 Å². The summed E-state index contributed by atoms with van der Waals surface area (Å²) in [5, 5.41) is 7.84. The Hall–Kier alpha value is -0.900. The van der Waals surface area contributed by atoms with E-state index in [0.29, 0.717) is 0 Å². The summed E-state index contributed by atoms with van der Waals surface area (Å²) in [5.74, 6) is 0.929. The molecule has 0 unspecified atom stereocenters. The molecule has 15 heavy (non-hydrogen) atoms. The molecule has 4 nitrogen and oxygen atoms in total. The van der Waals surface area contributed by atoms with E-state index in [1.165, 1.54) is 32.1 Å². The number of hydrogen-bond donors (Lipinski definition) is 1. The number of aryl methyl sites for hydroxylation is 1. The summed E-state index contributed by atoms with van der Waals surface area (Å²) in [4.78, 5) is 4.28. The van der Waals surface area contributed by atoms with Crippen molar-refractivity contribution in [2.45, 2.75) is 58.2 Å². The summed E-state index contributed by atoms with van der Waals surface area (Å²) in [6.45, 7) is 4.04. The van der Waals surface area contributed by atoms with Crippen molar-refractivity contribution in [2.24, 2.45) is 0 Å². The van der Waals surface area contributed by atoms with Gasteiger partial charge in [-0.3, -0.25) is 4.68 Å². The van der Waals surface area contributed by atoms with Crippen molar-refractivity contribution in [1.29, 1.82) is 0 Å². The number of nitrogens with zero attached hydrogens (tertiary/aromatic N) is 3. The van der Waals surface area contributed by atoms with Crippen LogP contribution in [0, 0.1) is 0 Å². The van der Waals surface area contributed by atoms with E-state index in [0.717, 1.165) is 25.0 Å². The Kier molecular flexibility index (Phi) is 3.72. The molecule has 0 spiro atoms. The third-order valence-electron chi connectivity index (χ3n) is 2.70. The maximum atomic E-state index is 4.42. The highest BCUT2D eigenvalue weighted by molar-refractivity contribution is 4.86. The first-order valence-electron chi connectivity index (χ1n) is 6.00. The van der Waals surface area contributed by atoms with Gasteiger partial charge in [0.25, 0.3) is 0 Å². The van der Waals surface area contributed by atoms with Crippen LogP contribution in [0.4, 0.5) is 0 Å². The van der Waals surface area contributed by atoms with E-state index in [2.05, 4.69) is 22.3 Å². The summed E-state index contributed by atoms with van der Waals surface area (Å²) in [7, 11) is 0. The van der Waals surface area contributed by atoms with Gasteiger partial charge in [-0.15, -0.1) is 0 Å². The Morgan fingerprint density at radius 3 is 3.07 bits per heavy atom. The maximum absolute atomic E-state index is 4.42. The summed E-state index contributed by atoms with van der Waals surface area (Å²) in [6, 6.07) is 0.733. The van der Waals surface area contributed by atoms with Gasteiger partial charge in [-0.1, -0.05) is 19.8 Å². The van der Waals surface area contributed by atoms with Crippen molar-refractivity contribution in [2.75, 3.05) is 0 Å². The van der Waals surface area contributed by atoms with Gasteiger partial charge in [0.1, 0.15) is 6.33 Å². The van der Waals surface area contributed by atoms with E-state index in [1.54, 1.807) is 0 Å². The van der Waals surface area contributed by atoms with Gasteiger partial charge in [0.05, 0.1) is 6.54 Å². The normalized spacial score (nSPS) is 15.8. The van der Waals surface area contributed by atoms with E-state index >= 15 is 0 Å². The van der Waals surface area contributed by atoms with Crippen LogP contribution in [0.25, 0.3) is 0 Å². The number of aromatic nitrogens is 3. The van der Waals surface area contributed by atoms with Gasteiger partial charge in [0.2, 0.25) is 0 Å². The maximum Gasteiger partial charge on any atom is 0.164 e. The highest BCUT2D eigenvalue weighted by Gasteiger charge is 2.20. The van der Waals surface area contributed by atoms with Crippen LogP contribution in [0.2, 0.25) is 0 Å². The lowest BCUT2D eigenvalue weighted by atomic mass is 10.2. The molecule has 1 aromatic heterocycles. The fourth-order valence-electron chi connectivity index (χ4n) is 1.57. The quantitative estimate of drug-likeness (QED) is 0.694. The summed E-state index contributed by atoms with van der Waals surface area (Å²) < 4.78 is 1.96. The standard InChI is InChI=1S/C11H20N4/c1-2-3-4-7-15-9-13-11(14-15)8-12-10-5-6-10/h9-10,12H,2-8H2,1H3. The average molecular weight is 208 g/mol. The third kappa shape index (κ3) is 3.63. The average Bonchev–Trinajstić information content (AvgIpc) is 2.97. The molecule has 0 aliphatic heterocycles. The highest BCUT2D eigenvalue weighted by Crippen LogP contribution is 2.18. The summed E-state index contributed by atoms with van der Waals surface area (Å²) in [5.41, 5.74) is 0. The predicted octanol–water partition coefficient (Wildman–Crippen LogP) is 1.72. The lowest BCUT2D eigenvalue weighted by Gasteiger charge is -1.99. The molecule has 1 aromatic rings. The van der Waals surface area contributed by atoms with E-state index in [9.17, 15) is 0 Å². The Balaban J connectivity index is 1.70. The van der Waals surface area contributed by atoms with Crippen LogP contribution in [0.15, 0.2) is 6.33 Å². The number of hydrogen-bond acceptors (Lipinski definition) is 3. The monoisotopic (exact) mass is 208 g/mol. The van der Waals surface area contributed by atoms with E-state index in [4.69, 9.17) is 0 Å². The minimum absolute atomic E-state index is 0.733. The first kappa shape index (κ1) is 10.6. The lowest BCUT2D eigenvalue weighted by Crippen LogP contribution is -2.16. The van der Waals surface area contributed by atoms with Gasteiger partial charge >= 0.3 is 0 Å². The van der Waals surface area contributed by atoms with Crippen molar-refractivity contribution in [1.82, 2.24) is 20.1 Å². The van der Waals surface area contributed by atoms with Gasteiger partial charge in [-0.25, -0.2) is 4.98 Å². The van der Waals surface area contributed by atoms with Crippen molar-refractivity contribution in [3.05, 3.63) is 12.2 Å². The third-order valence-corrected chi connectivity index (χ3v) is 2.70. The topological polar surface area (TPSA) is 42.7 Å². The molecule has 0 aromatic carbocycles. The molecule has 84 valence electrons. The Bertz CT molecular complexity index is 291. The van der Waals surface area contributed by atoms with Crippen molar-refractivity contribution >= 4 is 0 Å². The fourth-order valence-corrected chi connectivity index (χ4v) is 1.57. The number of unbranched alkanes of at least 4 members (excludes halogenated alkanes) is 2. The second-order valence-electron chi connectivity index (χ2n) is 4.29. The van der Waals surface area contributed by atoms with E-state index in [-0.39, 0.29) is 0 Å². The van der Waals surface area contributed by atoms with Crippen LogP contribution >= 0.6 is 0 Å². The second-order valence-corrected chi connectivity index (χ2v) is 4.29. The van der Waals surface area contributed by atoms with Gasteiger partial charge in [0.15, 0.2) is 5.82 Å². The van der Waals surface area contributed by atoms with Crippen LogP contribution in [0.3, 0.4) is 0 Å². The molecule has 2 rings (SSSR count). The molecule has 0 radical (unpaired) electrons. The lowest BCUT2D eigenvalue weighted by molar-refractivity contribution is 0.542. The number of rotatable bonds is 7. The Morgan fingerprint density at radius 2 is 2.33 bits per heavy atom. The zero-order valence-electron chi connectivity index (χ0n) is 9.45. The van der Waals surface area contributed by atoms with Crippen molar-refractivity contribution in [3.63, 3.8) is 0 Å². The highest BCUT2D eigenvalue weighted by atomic mass is 15.3. The first-order valence-corrected chi connectivity index (χ1v) is 6.00. The molecular weight excluding hydrogens is 188 g/mol. The van der Waals surface area contributed by atoms with Gasteiger partial charge in [0, 0.05) is 12.6 Å². The Labute approximate surface area is 91.1 Å². The minimum atomic E-state index is 0.733. The van der Waals surface area contributed by atoms with Crippen LogP contribution in [0.1, 0.15) is 44.9 Å². The smallest absolute Gasteiger partial charge is 0.164 e. The largest absolute Gasteiger partial charge is 0.307 e. The van der Waals surface area contributed by atoms with Crippen LogP contribution in [0.5, 0.6) is 0 Å². The molecule has 1 heterocycles. The molecule has 4 heteroatoms. The van der Waals surface area contributed by atoms with Crippen molar-refractivity contribution in [3.8, 4) is 0 Å². The van der Waals surface area contributed by atoms with E-state index < -0.39 is 0 Å². The molecule has 0 bridgehead atoms. The molecule has 0 atom stereocenters. The molecule has 1 aliphatic carbocycles. The number of nitrogens with one attached hydrogen (secondary N) is 1. The van der Waals surface area contributed by atoms with Gasteiger partial charge in [-0.2, -0.15) is 5.10 Å². The minimum Gasteiger partial charge on any atom is -0.307 e. The summed E-state index contributed by atoms with van der Waals surface area (Å²) in [6.07, 6.45) is 8.21. The molecule has 1 saturated carbocycles. The molecule has 0 amide bonds. The second kappa shape index (κ2) is 5.26. The van der Waals surface area contributed by atoms with Gasteiger partial charge < -0.3 is 5.32 Å². The fraction of sp³-hybridized carbons (Fsp3) is 0.818. The molecule has 1 aliphatic rings. The Morgan fingerprint density at radius 1 is 1.47 bits per heavy atom. The predicted molar refractivity (Wildman–Crippen MR) is 59.4 cm³/mol. The molecule has 0 saturated heterocycles. The first-order chi connectivity index (χ1) is 7.38. The zero-order chi connectivity index (χ0) is 10.5. The molecule has 1 N–H and O–H groups in total. The van der Waals surface area contributed by atoms with Crippen LogP contribution in [-0.4, -0.2) is 20.8 Å². The van der Waals surface area contributed by atoms with E-state index in [1.807, 2.05) is 11.0 Å². The van der Waals surface area contributed by atoms with Crippen LogP contribution < -0.4 is 5.32 Å². The van der Waals surface area contributed by atoms with Crippen LogP contribution in [-0.2, 0) is 13.1 Å². The SMILES string of the molecule is CCCCCn1cnc(CNC2CC2)n1. The molecular formula is C11H20N4. The zero-order valence-corrected chi connectivity index (χ0v) is 9.45.